The zero-order valence-corrected chi connectivity index (χ0v) is 24.2. The molecule has 2 aliphatic rings. The second-order valence-electron chi connectivity index (χ2n) is 11.7. The molecular formula is C31H43N5O3. The molecule has 0 saturated carbocycles. The molecule has 0 bridgehead atoms. The van der Waals surface area contributed by atoms with Crippen molar-refractivity contribution < 1.29 is 14.4 Å². The average Bonchev–Trinajstić information content (AvgIpc) is 3.15. The summed E-state index contributed by atoms with van der Waals surface area (Å²) in [5.74, 6) is 0.346. The lowest BCUT2D eigenvalue weighted by atomic mass is 9.85. The van der Waals surface area contributed by atoms with Gasteiger partial charge >= 0.3 is 6.03 Å². The van der Waals surface area contributed by atoms with Crippen LogP contribution in [0.1, 0.15) is 77.3 Å². The number of nitrogens with zero attached hydrogens (tertiary/aromatic N) is 3. The predicted molar refractivity (Wildman–Crippen MR) is 156 cm³/mol. The molecule has 4 amide bonds. The number of rotatable bonds is 7. The Morgan fingerprint density at radius 1 is 0.872 bits per heavy atom. The van der Waals surface area contributed by atoms with E-state index >= 15 is 0 Å². The van der Waals surface area contributed by atoms with E-state index in [2.05, 4.69) is 61.4 Å². The number of benzene rings is 2. The molecule has 2 saturated heterocycles. The van der Waals surface area contributed by atoms with Crippen molar-refractivity contribution in [2.45, 2.75) is 77.8 Å². The Bertz CT molecular complexity index is 1160. The summed E-state index contributed by atoms with van der Waals surface area (Å²) in [5.41, 5.74) is 3.31. The van der Waals surface area contributed by atoms with Crippen LogP contribution in [0, 0.1) is 0 Å². The van der Waals surface area contributed by atoms with Gasteiger partial charge in [-0.2, -0.15) is 0 Å². The van der Waals surface area contributed by atoms with Crippen molar-refractivity contribution in [3.05, 3.63) is 59.7 Å². The number of nitrogens with one attached hydrogen (secondary N) is 2. The van der Waals surface area contributed by atoms with Crippen LogP contribution in [0.15, 0.2) is 48.5 Å². The molecule has 2 heterocycles. The number of carbonyl (C=O) groups is 3. The number of likely N-dealkylation sites (tertiary alicyclic amines) is 1. The molecule has 2 N–H and O–H groups in total. The number of amides is 4. The molecule has 2 aromatic carbocycles. The molecule has 8 nitrogen and oxygen atoms in total. The van der Waals surface area contributed by atoms with E-state index in [0.717, 1.165) is 22.5 Å². The van der Waals surface area contributed by atoms with Crippen LogP contribution < -0.4 is 15.5 Å². The normalized spacial score (nSPS) is 17.1. The van der Waals surface area contributed by atoms with Gasteiger partial charge in [-0.3, -0.25) is 9.59 Å². The summed E-state index contributed by atoms with van der Waals surface area (Å²) in [6, 6.07) is 16.0. The summed E-state index contributed by atoms with van der Waals surface area (Å²) >= 11 is 0. The quantitative estimate of drug-likeness (QED) is 0.517. The first-order chi connectivity index (χ1) is 18.5. The topological polar surface area (TPSA) is 85.0 Å². The Morgan fingerprint density at radius 2 is 1.46 bits per heavy atom. The molecule has 210 valence electrons. The molecule has 0 aromatic heterocycles. The number of piperidine rings is 1. The number of para-hydroxylation sites is 2. The van der Waals surface area contributed by atoms with Crippen LogP contribution in [0.5, 0.6) is 0 Å². The summed E-state index contributed by atoms with van der Waals surface area (Å²) < 4.78 is 0. The number of urea groups is 1. The van der Waals surface area contributed by atoms with Gasteiger partial charge in [0.1, 0.15) is 12.1 Å². The molecule has 1 spiro atoms. The molecule has 2 aromatic rings. The lowest BCUT2D eigenvalue weighted by Gasteiger charge is -2.43. The highest BCUT2D eigenvalue weighted by Crippen LogP contribution is 2.40. The number of hydrogen-bond acceptors (Lipinski definition) is 4. The molecule has 4 rings (SSSR count). The fourth-order valence-corrected chi connectivity index (χ4v) is 5.82. The van der Waals surface area contributed by atoms with Gasteiger partial charge in [0.15, 0.2) is 0 Å². The minimum Gasteiger partial charge on any atom is -0.352 e. The van der Waals surface area contributed by atoms with Crippen molar-refractivity contribution in [3.63, 3.8) is 0 Å². The minimum absolute atomic E-state index is 0.00757. The van der Waals surface area contributed by atoms with Crippen molar-refractivity contribution in [1.29, 1.82) is 0 Å². The third-order valence-electron chi connectivity index (χ3n) is 7.85. The smallest absolute Gasteiger partial charge is 0.321 e. The van der Waals surface area contributed by atoms with E-state index in [9.17, 15) is 14.4 Å². The van der Waals surface area contributed by atoms with Crippen molar-refractivity contribution in [2.24, 2.45) is 0 Å². The van der Waals surface area contributed by atoms with E-state index in [4.69, 9.17) is 0 Å². The molecular weight excluding hydrogens is 490 g/mol. The molecule has 0 unspecified atom stereocenters. The van der Waals surface area contributed by atoms with Gasteiger partial charge in [0.2, 0.25) is 5.91 Å². The van der Waals surface area contributed by atoms with E-state index in [1.54, 1.807) is 4.90 Å². The predicted octanol–water partition coefficient (Wildman–Crippen LogP) is 5.13. The van der Waals surface area contributed by atoms with Crippen LogP contribution in [0.3, 0.4) is 0 Å². The summed E-state index contributed by atoms with van der Waals surface area (Å²) in [4.78, 5) is 45.5. The third kappa shape index (κ3) is 5.89. The van der Waals surface area contributed by atoms with Gasteiger partial charge in [-0.1, -0.05) is 64.1 Å². The Balaban J connectivity index is 1.54. The maximum Gasteiger partial charge on any atom is 0.321 e. The molecule has 2 fully saturated rings. The molecule has 8 heteroatoms. The van der Waals surface area contributed by atoms with E-state index < -0.39 is 5.54 Å². The van der Waals surface area contributed by atoms with Crippen LogP contribution in [0.25, 0.3) is 0 Å². The van der Waals surface area contributed by atoms with E-state index in [0.29, 0.717) is 32.6 Å². The molecule has 0 radical (unpaired) electrons. The largest absolute Gasteiger partial charge is 0.352 e. The Hall–Kier alpha value is -3.55. The molecule has 39 heavy (non-hydrogen) atoms. The lowest BCUT2D eigenvalue weighted by Crippen LogP contribution is -2.58. The van der Waals surface area contributed by atoms with Gasteiger partial charge in [0.25, 0.3) is 5.91 Å². The highest BCUT2D eigenvalue weighted by molar-refractivity contribution is 5.97. The second kappa shape index (κ2) is 11.7. The molecule has 0 atom stereocenters. The van der Waals surface area contributed by atoms with E-state index in [1.165, 1.54) is 0 Å². The monoisotopic (exact) mass is 533 g/mol. The van der Waals surface area contributed by atoms with Crippen LogP contribution in [-0.4, -0.2) is 65.5 Å². The van der Waals surface area contributed by atoms with E-state index in [-0.39, 0.29) is 42.3 Å². The van der Waals surface area contributed by atoms with Gasteiger partial charge in [-0.25, -0.2) is 4.79 Å². The lowest BCUT2D eigenvalue weighted by molar-refractivity contribution is -0.137. The zero-order chi connectivity index (χ0) is 28.3. The van der Waals surface area contributed by atoms with Crippen molar-refractivity contribution in [3.8, 4) is 0 Å². The maximum atomic E-state index is 13.9. The van der Waals surface area contributed by atoms with Crippen molar-refractivity contribution >= 4 is 29.2 Å². The second-order valence-corrected chi connectivity index (χ2v) is 11.7. The first-order valence-corrected chi connectivity index (χ1v) is 14.1. The number of anilines is 2. The van der Waals surface area contributed by atoms with Gasteiger partial charge in [0.05, 0.1) is 6.67 Å². The molecule has 0 aliphatic carbocycles. The van der Waals surface area contributed by atoms with Crippen LogP contribution in [0.4, 0.5) is 16.2 Å². The third-order valence-corrected chi connectivity index (χ3v) is 7.85. The van der Waals surface area contributed by atoms with Crippen molar-refractivity contribution in [2.75, 3.05) is 36.5 Å². The standard InChI is InChI=1S/C31H43N5O3/c1-21(2)25-13-10-14-26(22(3)4)28(25)33-30(39)34-17-15-31(16-18-34)29(38)35(19-27(37)32-23(5)6)20-36(31)24-11-8-7-9-12-24/h7-14,21-23H,15-20H2,1-6H3,(H,32,37)(H,33,39). The van der Waals surface area contributed by atoms with Crippen LogP contribution >= 0.6 is 0 Å². The summed E-state index contributed by atoms with van der Waals surface area (Å²) in [7, 11) is 0. The fourth-order valence-electron chi connectivity index (χ4n) is 5.82. The highest BCUT2D eigenvalue weighted by atomic mass is 16.2. The zero-order valence-electron chi connectivity index (χ0n) is 24.2. The minimum atomic E-state index is -0.783. The van der Waals surface area contributed by atoms with Crippen LogP contribution in [0.2, 0.25) is 0 Å². The van der Waals surface area contributed by atoms with Gasteiger partial charge < -0.3 is 25.3 Å². The maximum absolute atomic E-state index is 13.9. The van der Waals surface area contributed by atoms with Crippen LogP contribution in [-0.2, 0) is 9.59 Å². The SMILES string of the molecule is CC(C)NC(=O)CN1CN(c2ccccc2)C2(CCN(C(=O)Nc3c(C(C)C)cccc3C(C)C)CC2)C1=O. The Kier molecular flexibility index (Phi) is 8.52. The molecule has 2 aliphatic heterocycles. The number of carbonyl (C=O) groups excluding carboxylic acids is 3. The van der Waals surface area contributed by atoms with Gasteiger partial charge in [-0.05, 0) is 61.8 Å². The summed E-state index contributed by atoms with van der Waals surface area (Å²) in [6.45, 7) is 13.6. The first-order valence-electron chi connectivity index (χ1n) is 14.1. The average molecular weight is 534 g/mol. The Morgan fingerprint density at radius 3 is 2.00 bits per heavy atom. The number of hydrogen-bond donors (Lipinski definition) is 2. The van der Waals surface area contributed by atoms with E-state index in [1.807, 2.05) is 49.1 Å². The fraction of sp³-hybridized carbons (Fsp3) is 0.516. The van der Waals surface area contributed by atoms with Gasteiger partial charge in [-0.15, -0.1) is 0 Å². The highest BCUT2D eigenvalue weighted by Gasteiger charge is 2.54. The van der Waals surface area contributed by atoms with Crippen molar-refractivity contribution in [1.82, 2.24) is 15.1 Å². The van der Waals surface area contributed by atoms with Gasteiger partial charge in [0, 0.05) is 30.5 Å². The first kappa shape index (κ1) is 28.5. The summed E-state index contributed by atoms with van der Waals surface area (Å²) in [6.07, 6.45) is 0.999. The summed E-state index contributed by atoms with van der Waals surface area (Å²) in [5, 5.41) is 6.12. The Labute approximate surface area is 232 Å².